The molecule has 0 amide bonds. The van der Waals surface area contributed by atoms with Gasteiger partial charge < -0.3 is 4.90 Å². The molecule has 4 heteroatoms. The summed E-state index contributed by atoms with van der Waals surface area (Å²) >= 11 is 0. The van der Waals surface area contributed by atoms with Gasteiger partial charge in [-0.1, -0.05) is 24.3 Å². The fraction of sp³-hybridized carbons (Fsp3) is 0.294. The summed E-state index contributed by atoms with van der Waals surface area (Å²) in [4.78, 5) is 4.53. The van der Waals surface area contributed by atoms with Gasteiger partial charge in [-0.05, 0) is 18.2 Å². The van der Waals surface area contributed by atoms with Crippen LogP contribution in [0, 0.1) is 11.6 Å². The zero-order valence-corrected chi connectivity index (χ0v) is 11.8. The van der Waals surface area contributed by atoms with Crippen LogP contribution in [0.15, 0.2) is 48.5 Å². The second-order valence-corrected chi connectivity index (χ2v) is 5.33. The molecule has 0 atom stereocenters. The van der Waals surface area contributed by atoms with E-state index in [1.54, 1.807) is 0 Å². The first kappa shape index (κ1) is 14.0. The first-order chi connectivity index (χ1) is 10.2. The second-order valence-electron chi connectivity index (χ2n) is 5.33. The first-order valence-corrected chi connectivity index (χ1v) is 7.18. The molecule has 0 radical (unpaired) electrons. The van der Waals surface area contributed by atoms with Gasteiger partial charge in [0, 0.05) is 50.0 Å². The highest BCUT2D eigenvalue weighted by molar-refractivity contribution is 5.46. The summed E-state index contributed by atoms with van der Waals surface area (Å²) in [6, 6.07) is 14.1. The SMILES string of the molecule is Fc1ccc(CN2CCN(c3ccccc3)CC2)c(F)c1. The lowest BCUT2D eigenvalue weighted by Crippen LogP contribution is -2.46. The molecule has 0 saturated carbocycles. The van der Waals surface area contributed by atoms with E-state index in [2.05, 4.69) is 21.9 Å². The number of hydrogen-bond acceptors (Lipinski definition) is 2. The highest BCUT2D eigenvalue weighted by Crippen LogP contribution is 2.18. The molecule has 1 heterocycles. The molecule has 3 rings (SSSR count). The maximum atomic E-state index is 13.7. The molecule has 0 bridgehead atoms. The van der Waals surface area contributed by atoms with Crippen molar-refractivity contribution in [3.63, 3.8) is 0 Å². The Labute approximate surface area is 123 Å². The van der Waals surface area contributed by atoms with Crippen LogP contribution >= 0.6 is 0 Å². The topological polar surface area (TPSA) is 6.48 Å². The van der Waals surface area contributed by atoms with E-state index in [0.29, 0.717) is 12.1 Å². The molecule has 2 aromatic rings. The quantitative estimate of drug-likeness (QED) is 0.855. The Morgan fingerprint density at radius 1 is 0.857 bits per heavy atom. The van der Waals surface area contributed by atoms with Crippen LogP contribution in [0.2, 0.25) is 0 Å². The van der Waals surface area contributed by atoms with Crippen molar-refractivity contribution in [1.29, 1.82) is 0 Å². The molecule has 0 aromatic heterocycles. The molecular weight excluding hydrogens is 270 g/mol. The van der Waals surface area contributed by atoms with Gasteiger partial charge >= 0.3 is 0 Å². The van der Waals surface area contributed by atoms with Crippen molar-refractivity contribution < 1.29 is 8.78 Å². The Morgan fingerprint density at radius 3 is 2.24 bits per heavy atom. The summed E-state index contributed by atoms with van der Waals surface area (Å²) in [7, 11) is 0. The maximum absolute atomic E-state index is 13.7. The number of hydrogen-bond donors (Lipinski definition) is 0. The van der Waals surface area contributed by atoms with Crippen LogP contribution in [0.5, 0.6) is 0 Å². The van der Waals surface area contributed by atoms with Crippen LogP contribution in [0.3, 0.4) is 0 Å². The Balaban J connectivity index is 1.59. The lowest BCUT2D eigenvalue weighted by atomic mass is 10.1. The fourth-order valence-electron chi connectivity index (χ4n) is 2.69. The molecule has 1 saturated heterocycles. The Morgan fingerprint density at radius 2 is 1.57 bits per heavy atom. The summed E-state index contributed by atoms with van der Waals surface area (Å²) < 4.78 is 26.6. The van der Waals surface area contributed by atoms with Crippen molar-refractivity contribution in [3.05, 3.63) is 65.7 Å². The van der Waals surface area contributed by atoms with E-state index in [9.17, 15) is 8.78 Å². The second kappa shape index (κ2) is 6.22. The Bertz CT molecular complexity index is 593. The van der Waals surface area contributed by atoms with Gasteiger partial charge in [-0.3, -0.25) is 4.90 Å². The number of halogens is 2. The van der Waals surface area contributed by atoms with Crippen molar-refractivity contribution >= 4 is 5.69 Å². The van der Waals surface area contributed by atoms with Gasteiger partial charge in [-0.2, -0.15) is 0 Å². The number of rotatable bonds is 3. The predicted molar refractivity (Wildman–Crippen MR) is 80.3 cm³/mol. The summed E-state index contributed by atoms with van der Waals surface area (Å²) in [5, 5.41) is 0. The minimum atomic E-state index is -0.523. The molecule has 2 nitrogen and oxygen atoms in total. The third kappa shape index (κ3) is 3.39. The summed E-state index contributed by atoms with van der Waals surface area (Å²) in [5.74, 6) is -0.981. The minimum absolute atomic E-state index is 0.458. The van der Waals surface area contributed by atoms with Crippen molar-refractivity contribution in [3.8, 4) is 0 Å². The Kier molecular flexibility index (Phi) is 4.15. The molecule has 1 aliphatic heterocycles. The third-order valence-corrected chi connectivity index (χ3v) is 3.90. The highest BCUT2D eigenvalue weighted by Gasteiger charge is 2.18. The lowest BCUT2D eigenvalue weighted by Gasteiger charge is -2.36. The summed E-state index contributed by atoms with van der Waals surface area (Å²) in [6.45, 7) is 4.14. The standard InChI is InChI=1S/C17H18F2N2/c18-15-7-6-14(17(19)12-15)13-20-8-10-21(11-9-20)16-4-2-1-3-5-16/h1-7,12H,8-11,13H2. The maximum Gasteiger partial charge on any atom is 0.130 e. The molecule has 1 aliphatic rings. The van der Waals surface area contributed by atoms with E-state index in [-0.39, 0.29) is 0 Å². The summed E-state index contributed by atoms with van der Waals surface area (Å²) in [6.07, 6.45) is 0. The van der Waals surface area contributed by atoms with Crippen LogP contribution in [0.4, 0.5) is 14.5 Å². The van der Waals surface area contributed by atoms with Gasteiger partial charge in [0.2, 0.25) is 0 Å². The predicted octanol–water partition coefficient (Wildman–Crippen LogP) is 3.29. The Hall–Kier alpha value is -1.94. The molecular formula is C17H18F2N2. The van der Waals surface area contributed by atoms with Gasteiger partial charge in [0.25, 0.3) is 0 Å². The van der Waals surface area contributed by atoms with E-state index >= 15 is 0 Å². The molecule has 21 heavy (non-hydrogen) atoms. The zero-order valence-electron chi connectivity index (χ0n) is 11.8. The van der Waals surface area contributed by atoms with Crippen LogP contribution in [-0.4, -0.2) is 31.1 Å². The third-order valence-electron chi connectivity index (χ3n) is 3.90. The van der Waals surface area contributed by atoms with Crippen molar-refractivity contribution in [1.82, 2.24) is 4.90 Å². The number of anilines is 1. The van der Waals surface area contributed by atoms with Crippen molar-refractivity contribution in [2.45, 2.75) is 6.54 Å². The molecule has 0 spiro atoms. The van der Waals surface area contributed by atoms with Crippen LogP contribution in [0.25, 0.3) is 0 Å². The van der Waals surface area contributed by atoms with Gasteiger partial charge in [-0.25, -0.2) is 8.78 Å². The molecule has 110 valence electrons. The largest absolute Gasteiger partial charge is 0.369 e. The summed E-state index contributed by atoms with van der Waals surface area (Å²) in [5.41, 5.74) is 1.79. The molecule has 0 aliphatic carbocycles. The average Bonchev–Trinajstić information content (AvgIpc) is 2.52. The van der Waals surface area contributed by atoms with E-state index in [0.717, 1.165) is 32.2 Å². The normalized spacial score (nSPS) is 16.2. The highest BCUT2D eigenvalue weighted by atomic mass is 19.1. The van der Waals surface area contributed by atoms with Crippen LogP contribution in [-0.2, 0) is 6.54 Å². The monoisotopic (exact) mass is 288 g/mol. The smallest absolute Gasteiger partial charge is 0.130 e. The van der Waals surface area contributed by atoms with E-state index < -0.39 is 11.6 Å². The minimum Gasteiger partial charge on any atom is -0.369 e. The number of piperazine rings is 1. The van der Waals surface area contributed by atoms with Crippen LogP contribution < -0.4 is 4.90 Å². The van der Waals surface area contributed by atoms with Crippen molar-refractivity contribution in [2.24, 2.45) is 0 Å². The van der Waals surface area contributed by atoms with Gasteiger partial charge in [0.1, 0.15) is 11.6 Å². The van der Waals surface area contributed by atoms with Crippen molar-refractivity contribution in [2.75, 3.05) is 31.1 Å². The lowest BCUT2D eigenvalue weighted by molar-refractivity contribution is 0.246. The van der Waals surface area contributed by atoms with E-state index in [1.165, 1.54) is 17.8 Å². The average molecular weight is 288 g/mol. The van der Waals surface area contributed by atoms with E-state index in [4.69, 9.17) is 0 Å². The molecule has 2 aromatic carbocycles. The fourth-order valence-corrected chi connectivity index (χ4v) is 2.69. The first-order valence-electron chi connectivity index (χ1n) is 7.18. The van der Waals surface area contributed by atoms with E-state index in [1.807, 2.05) is 18.2 Å². The zero-order chi connectivity index (χ0) is 14.7. The van der Waals surface area contributed by atoms with Crippen LogP contribution in [0.1, 0.15) is 5.56 Å². The van der Waals surface area contributed by atoms with Gasteiger partial charge in [0.05, 0.1) is 0 Å². The molecule has 0 N–H and O–H groups in total. The number of nitrogens with zero attached hydrogens (tertiary/aromatic N) is 2. The van der Waals surface area contributed by atoms with Gasteiger partial charge in [-0.15, -0.1) is 0 Å². The molecule has 0 unspecified atom stereocenters. The number of para-hydroxylation sites is 1. The number of benzene rings is 2. The molecule has 1 fully saturated rings. The van der Waals surface area contributed by atoms with Gasteiger partial charge in [0.15, 0.2) is 0 Å².